The molecule has 1 aliphatic heterocycles. The molecule has 1 aromatic carbocycles. The molecule has 6 heteroatoms. The van der Waals surface area contributed by atoms with Gasteiger partial charge in [-0.3, -0.25) is 14.3 Å². The molecule has 0 aliphatic carbocycles. The second-order valence-electron chi connectivity index (χ2n) is 5.98. The first kappa shape index (κ1) is 16.2. The van der Waals surface area contributed by atoms with Crippen LogP contribution in [0.5, 0.6) is 0 Å². The van der Waals surface area contributed by atoms with Gasteiger partial charge in [0, 0.05) is 32.3 Å². The zero-order chi connectivity index (χ0) is 17.1. The summed E-state index contributed by atoms with van der Waals surface area (Å²) in [7, 11) is 0. The molecule has 1 fully saturated rings. The quantitative estimate of drug-likeness (QED) is 0.923. The van der Waals surface area contributed by atoms with Crippen molar-refractivity contribution >= 4 is 11.8 Å². The highest BCUT2D eigenvalue weighted by atomic mass is 16.2. The molecule has 0 saturated carbocycles. The van der Waals surface area contributed by atoms with Crippen LogP contribution in [0.3, 0.4) is 0 Å². The number of hydrogen-bond acceptors (Lipinski definition) is 3. The maximum atomic E-state index is 13.0. The number of aryl methyl sites for hydroxylation is 2. The second kappa shape index (κ2) is 6.86. The van der Waals surface area contributed by atoms with E-state index >= 15 is 0 Å². The lowest BCUT2D eigenvalue weighted by Crippen LogP contribution is -2.58. The summed E-state index contributed by atoms with van der Waals surface area (Å²) in [6.45, 7) is 5.51. The van der Waals surface area contributed by atoms with Gasteiger partial charge in [-0.15, -0.1) is 0 Å². The van der Waals surface area contributed by atoms with Gasteiger partial charge in [0.2, 0.25) is 5.91 Å². The van der Waals surface area contributed by atoms with Crippen LogP contribution in [-0.2, 0) is 17.8 Å². The number of hydrogen-bond donors (Lipinski definition) is 1. The third kappa shape index (κ3) is 3.18. The van der Waals surface area contributed by atoms with Crippen LogP contribution in [-0.4, -0.2) is 45.6 Å². The van der Waals surface area contributed by atoms with Crippen molar-refractivity contribution < 1.29 is 9.59 Å². The van der Waals surface area contributed by atoms with E-state index in [9.17, 15) is 9.59 Å². The summed E-state index contributed by atoms with van der Waals surface area (Å²) in [5.74, 6) is -0.220. The molecule has 1 aromatic heterocycles. The standard InChI is InChI=1S/C18H22N4O2/c1-3-21-12-15(13(2)20-21)18(24)22-10-9-19-17(23)16(22)11-14-7-5-4-6-8-14/h4-8,12,16H,3,9-11H2,1-2H3,(H,19,23)/t16-/m0/s1. The highest BCUT2D eigenvalue weighted by Crippen LogP contribution is 2.17. The molecule has 3 rings (SSSR count). The number of aromatic nitrogens is 2. The average Bonchev–Trinajstić information content (AvgIpc) is 2.98. The summed E-state index contributed by atoms with van der Waals surface area (Å²) in [6.07, 6.45) is 2.28. The molecule has 126 valence electrons. The second-order valence-corrected chi connectivity index (χ2v) is 5.98. The minimum absolute atomic E-state index is 0.0982. The highest BCUT2D eigenvalue weighted by Gasteiger charge is 2.34. The molecule has 0 unspecified atom stereocenters. The van der Waals surface area contributed by atoms with Gasteiger partial charge in [-0.05, 0) is 19.4 Å². The van der Waals surface area contributed by atoms with Crippen LogP contribution in [0.15, 0.2) is 36.5 Å². The zero-order valence-electron chi connectivity index (χ0n) is 14.0. The number of nitrogens with zero attached hydrogens (tertiary/aromatic N) is 3. The smallest absolute Gasteiger partial charge is 0.258 e. The van der Waals surface area contributed by atoms with Crippen LogP contribution < -0.4 is 5.32 Å². The van der Waals surface area contributed by atoms with Crippen molar-refractivity contribution in [3.8, 4) is 0 Å². The number of amides is 2. The first-order chi connectivity index (χ1) is 11.6. The van der Waals surface area contributed by atoms with Gasteiger partial charge in [-0.1, -0.05) is 30.3 Å². The van der Waals surface area contributed by atoms with E-state index in [1.165, 1.54) is 0 Å². The average molecular weight is 326 g/mol. The van der Waals surface area contributed by atoms with Crippen molar-refractivity contribution in [1.82, 2.24) is 20.0 Å². The first-order valence-corrected chi connectivity index (χ1v) is 8.26. The van der Waals surface area contributed by atoms with Crippen LogP contribution >= 0.6 is 0 Å². The van der Waals surface area contributed by atoms with E-state index in [4.69, 9.17) is 0 Å². The van der Waals surface area contributed by atoms with Crippen LogP contribution in [0.4, 0.5) is 0 Å². The van der Waals surface area contributed by atoms with E-state index in [2.05, 4.69) is 10.4 Å². The molecule has 2 aromatic rings. The number of carbonyl (C=O) groups is 2. The molecule has 1 saturated heterocycles. The maximum absolute atomic E-state index is 13.0. The summed E-state index contributed by atoms with van der Waals surface area (Å²) >= 11 is 0. The molecule has 0 radical (unpaired) electrons. The SMILES string of the molecule is CCn1cc(C(=O)N2CCNC(=O)[C@@H]2Cc2ccccc2)c(C)n1. The van der Waals surface area contributed by atoms with Crippen LogP contribution in [0.1, 0.15) is 28.5 Å². The van der Waals surface area contributed by atoms with Crippen molar-refractivity contribution in [2.24, 2.45) is 0 Å². The van der Waals surface area contributed by atoms with Gasteiger partial charge in [0.25, 0.3) is 5.91 Å². The Morgan fingerprint density at radius 2 is 2.08 bits per heavy atom. The first-order valence-electron chi connectivity index (χ1n) is 8.26. The Hall–Kier alpha value is -2.63. The summed E-state index contributed by atoms with van der Waals surface area (Å²) < 4.78 is 1.75. The van der Waals surface area contributed by atoms with E-state index in [1.54, 1.807) is 15.8 Å². The molecule has 6 nitrogen and oxygen atoms in total. The van der Waals surface area contributed by atoms with Crippen molar-refractivity contribution in [1.29, 1.82) is 0 Å². The highest BCUT2D eigenvalue weighted by molar-refractivity contribution is 5.98. The van der Waals surface area contributed by atoms with E-state index in [0.717, 1.165) is 5.56 Å². The largest absolute Gasteiger partial charge is 0.353 e. The molecule has 2 heterocycles. The molecule has 0 spiro atoms. The Morgan fingerprint density at radius 1 is 1.33 bits per heavy atom. The van der Waals surface area contributed by atoms with E-state index < -0.39 is 6.04 Å². The number of benzene rings is 1. The fourth-order valence-electron chi connectivity index (χ4n) is 3.04. The van der Waals surface area contributed by atoms with Gasteiger partial charge in [0.15, 0.2) is 0 Å². The molecule has 1 N–H and O–H groups in total. The normalized spacial score (nSPS) is 17.7. The third-order valence-electron chi connectivity index (χ3n) is 4.36. The molecular weight excluding hydrogens is 304 g/mol. The molecule has 0 bridgehead atoms. The number of piperazine rings is 1. The number of carbonyl (C=O) groups excluding carboxylic acids is 2. The maximum Gasteiger partial charge on any atom is 0.258 e. The lowest BCUT2D eigenvalue weighted by atomic mass is 10.0. The van der Waals surface area contributed by atoms with E-state index in [1.807, 2.05) is 44.2 Å². The summed E-state index contributed by atoms with van der Waals surface area (Å²) in [5.41, 5.74) is 2.31. The monoisotopic (exact) mass is 326 g/mol. The van der Waals surface area contributed by atoms with Crippen LogP contribution in [0.25, 0.3) is 0 Å². The van der Waals surface area contributed by atoms with Gasteiger partial charge in [0.1, 0.15) is 6.04 Å². The Balaban J connectivity index is 1.86. The molecule has 1 aliphatic rings. The van der Waals surface area contributed by atoms with Crippen molar-refractivity contribution in [3.05, 3.63) is 53.3 Å². The van der Waals surface area contributed by atoms with Gasteiger partial charge in [-0.2, -0.15) is 5.10 Å². The predicted molar refractivity (Wildman–Crippen MR) is 90.6 cm³/mol. The fourth-order valence-corrected chi connectivity index (χ4v) is 3.04. The zero-order valence-corrected chi connectivity index (χ0v) is 14.0. The Labute approximate surface area is 141 Å². The van der Waals surface area contributed by atoms with E-state index in [0.29, 0.717) is 37.3 Å². The van der Waals surface area contributed by atoms with Gasteiger partial charge in [-0.25, -0.2) is 0 Å². The number of nitrogens with one attached hydrogen (secondary N) is 1. The Kier molecular flexibility index (Phi) is 4.64. The molecule has 24 heavy (non-hydrogen) atoms. The summed E-state index contributed by atoms with van der Waals surface area (Å²) in [6, 6.07) is 9.29. The topological polar surface area (TPSA) is 67.2 Å². The van der Waals surface area contributed by atoms with Crippen molar-refractivity contribution in [3.63, 3.8) is 0 Å². The third-order valence-corrected chi connectivity index (χ3v) is 4.36. The van der Waals surface area contributed by atoms with Gasteiger partial charge in [0.05, 0.1) is 11.3 Å². The Morgan fingerprint density at radius 3 is 2.75 bits per heavy atom. The van der Waals surface area contributed by atoms with Gasteiger partial charge >= 0.3 is 0 Å². The number of rotatable bonds is 4. The van der Waals surface area contributed by atoms with Crippen molar-refractivity contribution in [2.45, 2.75) is 32.9 Å². The van der Waals surface area contributed by atoms with Crippen LogP contribution in [0.2, 0.25) is 0 Å². The summed E-state index contributed by atoms with van der Waals surface area (Å²) in [4.78, 5) is 27.0. The minimum Gasteiger partial charge on any atom is -0.353 e. The molecular formula is C18H22N4O2. The minimum atomic E-state index is -0.488. The van der Waals surface area contributed by atoms with E-state index in [-0.39, 0.29) is 11.8 Å². The molecule has 1 atom stereocenters. The summed E-state index contributed by atoms with van der Waals surface area (Å²) in [5, 5.41) is 7.21. The van der Waals surface area contributed by atoms with Crippen molar-refractivity contribution in [2.75, 3.05) is 13.1 Å². The predicted octanol–water partition coefficient (Wildman–Crippen LogP) is 1.39. The van der Waals surface area contributed by atoms with Gasteiger partial charge < -0.3 is 10.2 Å². The fraction of sp³-hybridized carbons (Fsp3) is 0.389. The van der Waals surface area contributed by atoms with Crippen LogP contribution in [0, 0.1) is 6.92 Å². The lowest BCUT2D eigenvalue weighted by molar-refractivity contribution is -0.127. The lowest BCUT2D eigenvalue weighted by Gasteiger charge is -2.35. The Bertz CT molecular complexity index is 739. The molecule has 2 amide bonds.